The van der Waals surface area contributed by atoms with E-state index in [9.17, 15) is 13.2 Å². The fourth-order valence-electron chi connectivity index (χ4n) is 2.00. The maximum absolute atomic E-state index is 11.6. The van der Waals surface area contributed by atoms with Gasteiger partial charge in [0.2, 0.25) is 0 Å². The van der Waals surface area contributed by atoms with Gasteiger partial charge in [-0.3, -0.25) is 9.69 Å². The maximum Gasteiger partial charge on any atom is 0.323 e. The van der Waals surface area contributed by atoms with Gasteiger partial charge in [0, 0.05) is 12.3 Å². The molecule has 100 valence electrons. The molecule has 1 unspecified atom stereocenters. The van der Waals surface area contributed by atoms with Gasteiger partial charge in [-0.15, -0.1) is 0 Å². The van der Waals surface area contributed by atoms with Gasteiger partial charge < -0.3 is 4.74 Å². The lowest BCUT2D eigenvalue weighted by Gasteiger charge is -2.22. The Morgan fingerprint density at radius 3 is 2.71 bits per heavy atom. The van der Waals surface area contributed by atoms with E-state index in [1.807, 2.05) is 4.90 Å². The van der Waals surface area contributed by atoms with Crippen molar-refractivity contribution >= 4 is 15.8 Å². The average molecular weight is 263 g/mol. The van der Waals surface area contributed by atoms with Crippen molar-refractivity contribution < 1.29 is 17.9 Å². The summed E-state index contributed by atoms with van der Waals surface area (Å²) in [4.78, 5) is 13.6. The molecule has 1 saturated heterocycles. The smallest absolute Gasteiger partial charge is 0.323 e. The number of hydrogen-bond acceptors (Lipinski definition) is 5. The minimum absolute atomic E-state index is 0.124. The van der Waals surface area contributed by atoms with Gasteiger partial charge in [0.05, 0.1) is 12.4 Å². The second-order valence-corrected chi connectivity index (χ2v) is 6.66. The third-order valence-corrected chi connectivity index (χ3v) is 4.74. The Hall–Kier alpha value is -0.620. The molecule has 0 aliphatic carbocycles. The predicted octanol–water partition coefficient (Wildman–Crippen LogP) is 0.449. The average Bonchev–Trinajstić information content (AvgIpc) is 2.75. The second kappa shape index (κ2) is 6.35. The molecule has 6 heteroatoms. The molecular weight excluding hydrogens is 242 g/mol. The molecule has 0 aromatic rings. The molecule has 1 fully saturated rings. The topological polar surface area (TPSA) is 63.7 Å². The molecule has 0 spiro atoms. The first-order valence-electron chi connectivity index (χ1n) is 6.11. The number of carbonyl (C=O) groups excluding carboxylic acids is 1. The molecule has 0 amide bonds. The van der Waals surface area contributed by atoms with Crippen LogP contribution in [0.25, 0.3) is 0 Å². The van der Waals surface area contributed by atoms with E-state index in [4.69, 9.17) is 4.74 Å². The number of ether oxygens (including phenoxy) is 1. The van der Waals surface area contributed by atoms with Crippen LogP contribution in [0.3, 0.4) is 0 Å². The first kappa shape index (κ1) is 14.4. The number of sulfone groups is 1. The van der Waals surface area contributed by atoms with E-state index in [0.29, 0.717) is 13.2 Å². The standard InChI is InChI=1S/C11H21NO4S/c1-3-16-11(13)10-6-5-7-12(10)8-9-17(14,15)4-2/h10H,3-9H2,1-2H3. The van der Waals surface area contributed by atoms with Crippen LogP contribution in [0.5, 0.6) is 0 Å². The number of esters is 1. The van der Waals surface area contributed by atoms with Crippen LogP contribution in [0.4, 0.5) is 0 Å². The number of likely N-dealkylation sites (tertiary alicyclic amines) is 1. The van der Waals surface area contributed by atoms with E-state index >= 15 is 0 Å². The minimum Gasteiger partial charge on any atom is -0.465 e. The van der Waals surface area contributed by atoms with E-state index in [1.165, 1.54) is 0 Å². The van der Waals surface area contributed by atoms with E-state index in [0.717, 1.165) is 19.4 Å². The van der Waals surface area contributed by atoms with Crippen LogP contribution in [0.15, 0.2) is 0 Å². The van der Waals surface area contributed by atoms with Crippen LogP contribution in [0, 0.1) is 0 Å². The molecule has 1 atom stereocenters. The van der Waals surface area contributed by atoms with Crippen molar-refractivity contribution in [2.45, 2.75) is 32.7 Å². The zero-order valence-corrected chi connectivity index (χ0v) is 11.3. The third-order valence-electron chi connectivity index (χ3n) is 3.05. The lowest BCUT2D eigenvalue weighted by molar-refractivity contribution is -0.148. The Bertz CT molecular complexity index is 352. The van der Waals surface area contributed by atoms with Crippen molar-refractivity contribution in [1.29, 1.82) is 0 Å². The van der Waals surface area contributed by atoms with Gasteiger partial charge in [-0.05, 0) is 26.3 Å². The van der Waals surface area contributed by atoms with E-state index in [2.05, 4.69) is 0 Å². The highest BCUT2D eigenvalue weighted by atomic mass is 32.2. The Balaban J connectivity index is 2.50. The number of nitrogens with zero attached hydrogens (tertiary/aromatic N) is 1. The Labute approximate surface area is 103 Å². The van der Waals surface area contributed by atoms with E-state index in [-0.39, 0.29) is 23.5 Å². The highest BCUT2D eigenvalue weighted by Crippen LogP contribution is 2.18. The van der Waals surface area contributed by atoms with Crippen molar-refractivity contribution in [1.82, 2.24) is 4.90 Å². The highest BCUT2D eigenvalue weighted by molar-refractivity contribution is 7.91. The largest absolute Gasteiger partial charge is 0.465 e. The van der Waals surface area contributed by atoms with Gasteiger partial charge in [-0.2, -0.15) is 0 Å². The quantitative estimate of drug-likeness (QED) is 0.651. The Morgan fingerprint density at radius 1 is 1.41 bits per heavy atom. The number of rotatable bonds is 6. The van der Waals surface area contributed by atoms with Crippen LogP contribution in [-0.2, 0) is 19.4 Å². The maximum atomic E-state index is 11.6. The van der Waals surface area contributed by atoms with Crippen LogP contribution >= 0.6 is 0 Å². The molecule has 0 N–H and O–H groups in total. The zero-order valence-electron chi connectivity index (χ0n) is 10.5. The summed E-state index contributed by atoms with van der Waals surface area (Å²) < 4.78 is 27.8. The number of hydrogen-bond donors (Lipinski definition) is 0. The van der Waals surface area contributed by atoms with Gasteiger partial charge in [0.1, 0.15) is 6.04 Å². The van der Waals surface area contributed by atoms with Gasteiger partial charge in [-0.25, -0.2) is 8.42 Å². The lowest BCUT2D eigenvalue weighted by atomic mass is 10.2. The van der Waals surface area contributed by atoms with Crippen molar-refractivity contribution in [3.05, 3.63) is 0 Å². The number of carbonyl (C=O) groups is 1. The molecule has 0 aromatic carbocycles. The lowest BCUT2D eigenvalue weighted by Crippen LogP contribution is -2.40. The summed E-state index contributed by atoms with van der Waals surface area (Å²) in [6, 6.07) is -0.248. The van der Waals surface area contributed by atoms with Crippen molar-refractivity contribution in [3.8, 4) is 0 Å². The van der Waals surface area contributed by atoms with Gasteiger partial charge >= 0.3 is 5.97 Å². The summed E-state index contributed by atoms with van der Waals surface area (Å²) in [6.45, 7) is 5.00. The summed E-state index contributed by atoms with van der Waals surface area (Å²) in [5.74, 6) is 0.0588. The molecule has 0 bridgehead atoms. The van der Waals surface area contributed by atoms with Crippen LogP contribution in [0.1, 0.15) is 26.7 Å². The fourth-order valence-corrected chi connectivity index (χ4v) is 2.80. The molecule has 0 saturated carbocycles. The predicted molar refractivity (Wildman–Crippen MR) is 65.6 cm³/mol. The molecule has 17 heavy (non-hydrogen) atoms. The van der Waals surface area contributed by atoms with E-state index in [1.54, 1.807) is 13.8 Å². The van der Waals surface area contributed by atoms with Crippen molar-refractivity contribution in [2.24, 2.45) is 0 Å². The van der Waals surface area contributed by atoms with Gasteiger partial charge in [0.25, 0.3) is 0 Å². The molecule has 0 aromatic heterocycles. The van der Waals surface area contributed by atoms with Crippen LogP contribution in [0.2, 0.25) is 0 Å². The summed E-state index contributed by atoms with van der Waals surface area (Å²) in [7, 11) is -2.96. The molecule has 5 nitrogen and oxygen atoms in total. The Kier molecular flexibility index (Phi) is 5.39. The summed E-state index contributed by atoms with van der Waals surface area (Å²) in [6.07, 6.45) is 1.70. The first-order chi connectivity index (χ1) is 8.00. The van der Waals surface area contributed by atoms with Crippen molar-refractivity contribution in [3.63, 3.8) is 0 Å². The summed E-state index contributed by atoms with van der Waals surface area (Å²) >= 11 is 0. The van der Waals surface area contributed by atoms with Crippen molar-refractivity contribution in [2.75, 3.05) is 31.2 Å². The molecule has 1 aliphatic rings. The molecule has 1 aliphatic heterocycles. The highest BCUT2D eigenvalue weighted by Gasteiger charge is 2.32. The molecule has 1 rings (SSSR count). The monoisotopic (exact) mass is 263 g/mol. The van der Waals surface area contributed by atoms with Crippen LogP contribution < -0.4 is 0 Å². The molecule has 0 radical (unpaired) electrons. The third kappa shape index (κ3) is 4.27. The van der Waals surface area contributed by atoms with Crippen LogP contribution in [-0.4, -0.2) is 56.5 Å². The normalized spacial score (nSPS) is 21.6. The first-order valence-corrected chi connectivity index (χ1v) is 7.93. The van der Waals surface area contributed by atoms with Gasteiger partial charge in [0.15, 0.2) is 9.84 Å². The molecule has 1 heterocycles. The molecular formula is C11H21NO4S. The summed E-state index contributed by atoms with van der Waals surface area (Å²) in [5, 5.41) is 0. The van der Waals surface area contributed by atoms with E-state index < -0.39 is 9.84 Å². The fraction of sp³-hybridized carbons (Fsp3) is 0.909. The second-order valence-electron chi connectivity index (χ2n) is 4.18. The minimum atomic E-state index is -2.96. The zero-order chi connectivity index (χ0) is 12.9. The SMILES string of the molecule is CCOC(=O)C1CCCN1CCS(=O)(=O)CC. The summed E-state index contributed by atoms with van der Waals surface area (Å²) in [5.41, 5.74) is 0. The van der Waals surface area contributed by atoms with Gasteiger partial charge in [-0.1, -0.05) is 6.92 Å². The Morgan fingerprint density at radius 2 is 2.12 bits per heavy atom.